The van der Waals surface area contributed by atoms with E-state index in [0.29, 0.717) is 18.7 Å². The van der Waals surface area contributed by atoms with E-state index in [1.54, 1.807) is 0 Å². The van der Waals surface area contributed by atoms with Crippen molar-refractivity contribution in [2.45, 2.75) is 40.7 Å². The zero-order chi connectivity index (χ0) is 19.4. The Bertz CT molecular complexity index is 939. The quantitative estimate of drug-likeness (QED) is 0.663. The van der Waals surface area contributed by atoms with Crippen molar-refractivity contribution >= 4 is 16.8 Å². The van der Waals surface area contributed by atoms with Gasteiger partial charge in [0.2, 0.25) is 0 Å². The van der Waals surface area contributed by atoms with Crippen molar-refractivity contribution in [3.05, 3.63) is 64.8 Å². The lowest BCUT2D eigenvalue weighted by Gasteiger charge is -2.08. The summed E-state index contributed by atoms with van der Waals surface area (Å²) in [6, 6.07) is 14.0. The molecule has 142 valence electrons. The number of aromatic nitrogens is 1. The molecule has 0 spiro atoms. The van der Waals surface area contributed by atoms with Crippen LogP contribution in [0.5, 0.6) is 5.75 Å². The number of carbonyl (C=O) groups excluding carboxylic acids is 1. The molecule has 0 atom stereocenters. The van der Waals surface area contributed by atoms with Gasteiger partial charge in [-0.1, -0.05) is 12.1 Å². The van der Waals surface area contributed by atoms with Crippen molar-refractivity contribution in [2.24, 2.45) is 0 Å². The average Bonchev–Trinajstić information content (AvgIpc) is 2.93. The maximum absolute atomic E-state index is 12.6. The van der Waals surface area contributed by atoms with Gasteiger partial charge in [-0.3, -0.25) is 4.79 Å². The van der Waals surface area contributed by atoms with E-state index in [1.165, 1.54) is 22.3 Å². The molecule has 1 heterocycles. The van der Waals surface area contributed by atoms with Crippen LogP contribution in [-0.4, -0.2) is 23.6 Å². The molecule has 1 N–H and O–H groups in total. The predicted molar refractivity (Wildman–Crippen MR) is 111 cm³/mol. The van der Waals surface area contributed by atoms with Gasteiger partial charge in [-0.15, -0.1) is 0 Å². The molecule has 3 rings (SSSR count). The van der Waals surface area contributed by atoms with Gasteiger partial charge in [0.25, 0.3) is 5.91 Å². The molecule has 0 fully saturated rings. The van der Waals surface area contributed by atoms with E-state index in [4.69, 9.17) is 4.74 Å². The van der Waals surface area contributed by atoms with Crippen molar-refractivity contribution < 1.29 is 9.53 Å². The maximum atomic E-state index is 12.6. The number of hydrogen-bond acceptors (Lipinski definition) is 2. The first-order valence-electron chi connectivity index (χ1n) is 9.64. The summed E-state index contributed by atoms with van der Waals surface area (Å²) in [5.74, 6) is 0.854. The fraction of sp³-hybridized carbons (Fsp3) is 0.348. The van der Waals surface area contributed by atoms with Crippen molar-refractivity contribution in [3.8, 4) is 5.75 Å². The fourth-order valence-electron chi connectivity index (χ4n) is 3.54. The van der Waals surface area contributed by atoms with E-state index in [0.717, 1.165) is 24.1 Å². The van der Waals surface area contributed by atoms with E-state index in [2.05, 4.69) is 36.7 Å². The smallest absolute Gasteiger partial charge is 0.251 e. The van der Waals surface area contributed by atoms with Crippen LogP contribution < -0.4 is 10.1 Å². The second-order valence-electron chi connectivity index (χ2n) is 6.77. The minimum atomic E-state index is -0.0239. The largest absolute Gasteiger partial charge is 0.494 e. The number of nitrogens with zero attached hydrogens (tertiary/aromatic N) is 1. The number of rotatable bonds is 7. The molecular weight excluding hydrogens is 336 g/mol. The summed E-state index contributed by atoms with van der Waals surface area (Å²) in [5, 5.41) is 4.19. The molecular formula is C23H28N2O2. The third kappa shape index (κ3) is 4.00. The molecule has 0 unspecified atom stereocenters. The van der Waals surface area contributed by atoms with Gasteiger partial charge in [-0.25, -0.2) is 0 Å². The molecule has 4 nitrogen and oxygen atoms in total. The third-order valence-electron chi connectivity index (χ3n) is 5.15. The van der Waals surface area contributed by atoms with E-state index in [9.17, 15) is 4.79 Å². The number of aryl methyl sites for hydroxylation is 2. The molecule has 0 bridgehead atoms. The highest BCUT2D eigenvalue weighted by Gasteiger charge is 2.13. The van der Waals surface area contributed by atoms with Crippen LogP contribution in [0.1, 0.15) is 41.0 Å². The Hall–Kier alpha value is -2.75. The van der Waals surface area contributed by atoms with Crippen LogP contribution in [0.25, 0.3) is 10.9 Å². The summed E-state index contributed by atoms with van der Waals surface area (Å²) in [6.07, 6.45) is 0.796. The summed E-state index contributed by atoms with van der Waals surface area (Å²) < 4.78 is 7.74. The Morgan fingerprint density at radius 1 is 1.07 bits per heavy atom. The number of ether oxygens (including phenoxy) is 1. The normalized spacial score (nSPS) is 11.0. The number of nitrogens with one attached hydrogen (secondary N) is 1. The van der Waals surface area contributed by atoms with Crippen LogP contribution >= 0.6 is 0 Å². The Labute approximate surface area is 161 Å². The second kappa shape index (κ2) is 8.30. The van der Waals surface area contributed by atoms with Crippen LogP contribution in [0.4, 0.5) is 0 Å². The summed E-state index contributed by atoms with van der Waals surface area (Å²) >= 11 is 0. The van der Waals surface area contributed by atoms with E-state index >= 15 is 0 Å². The van der Waals surface area contributed by atoms with Gasteiger partial charge in [0.05, 0.1) is 6.61 Å². The summed E-state index contributed by atoms with van der Waals surface area (Å²) in [7, 11) is 0. The van der Waals surface area contributed by atoms with Crippen molar-refractivity contribution in [2.75, 3.05) is 13.2 Å². The Morgan fingerprint density at radius 2 is 1.81 bits per heavy atom. The van der Waals surface area contributed by atoms with E-state index < -0.39 is 0 Å². The monoisotopic (exact) mass is 364 g/mol. The van der Waals surface area contributed by atoms with Crippen LogP contribution in [0, 0.1) is 13.8 Å². The van der Waals surface area contributed by atoms with Gasteiger partial charge in [-0.05, 0) is 75.6 Å². The van der Waals surface area contributed by atoms with E-state index in [1.807, 2.05) is 43.3 Å². The number of amides is 1. The van der Waals surface area contributed by atoms with Gasteiger partial charge in [0.1, 0.15) is 5.75 Å². The van der Waals surface area contributed by atoms with Crippen LogP contribution in [0.2, 0.25) is 0 Å². The molecule has 0 aliphatic carbocycles. The second-order valence-corrected chi connectivity index (χ2v) is 6.77. The van der Waals surface area contributed by atoms with Gasteiger partial charge in [-0.2, -0.15) is 0 Å². The van der Waals surface area contributed by atoms with Crippen molar-refractivity contribution in [3.63, 3.8) is 0 Å². The molecule has 0 saturated carbocycles. The number of fused-ring (bicyclic) bond motifs is 1. The molecule has 0 saturated heterocycles. The predicted octanol–water partition coefficient (Wildman–Crippen LogP) is 4.65. The lowest BCUT2D eigenvalue weighted by molar-refractivity contribution is 0.0954. The van der Waals surface area contributed by atoms with Gasteiger partial charge in [0.15, 0.2) is 0 Å². The zero-order valence-electron chi connectivity index (χ0n) is 16.6. The highest BCUT2D eigenvalue weighted by Crippen LogP contribution is 2.26. The van der Waals surface area contributed by atoms with Crippen LogP contribution in [0.3, 0.4) is 0 Å². The molecule has 3 aromatic rings. The first-order chi connectivity index (χ1) is 13.0. The van der Waals surface area contributed by atoms with E-state index in [-0.39, 0.29) is 5.91 Å². The van der Waals surface area contributed by atoms with Gasteiger partial charge >= 0.3 is 0 Å². The molecule has 4 heteroatoms. The highest BCUT2D eigenvalue weighted by atomic mass is 16.5. The number of hydrogen-bond donors (Lipinski definition) is 1. The highest BCUT2D eigenvalue weighted by molar-refractivity contribution is 5.99. The molecule has 27 heavy (non-hydrogen) atoms. The fourth-order valence-corrected chi connectivity index (χ4v) is 3.54. The number of carbonyl (C=O) groups is 1. The average molecular weight is 364 g/mol. The lowest BCUT2D eigenvalue weighted by Crippen LogP contribution is -2.25. The number of benzene rings is 2. The third-order valence-corrected chi connectivity index (χ3v) is 5.15. The first kappa shape index (κ1) is 19.0. The molecule has 0 aliphatic heterocycles. The van der Waals surface area contributed by atoms with Crippen molar-refractivity contribution in [1.29, 1.82) is 0 Å². The first-order valence-corrected chi connectivity index (χ1v) is 9.64. The molecule has 2 aromatic carbocycles. The molecule has 1 aromatic heterocycles. The summed E-state index contributed by atoms with van der Waals surface area (Å²) in [5.41, 5.74) is 5.60. The van der Waals surface area contributed by atoms with Crippen LogP contribution in [0.15, 0.2) is 42.5 Å². The molecule has 0 aliphatic rings. The zero-order valence-corrected chi connectivity index (χ0v) is 16.6. The Balaban J connectivity index is 1.65. The molecule has 0 radical (unpaired) electrons. The van der Waals surface area contributed by atoms with Gasteiger partial charge < -0.3 is 14.6 Å². The van der Waals surface area contributed by atoms with Gasteiger partial charge in [0, 0.05) is 35.2 Å². The van der Waals surface area contributed by atoms with Crippen molar-refractivity contribution in [1.82, 2.24) is 9.88 Å². The minimum absolute atomic E-state index is 0.0239. The SMILES string of the molecule is CCOc1ccc(CCNC(=O)c2ccc3c(c2)c(C)c(C)n3CC)cc1. The Kier molecular flexibility index (Phi) is 5.84. The standard InChI is InChI=1S/C23H28N2O2/c1-5-25-17(4)16(3)21-15-19(9-12-22(21)25)23(26)24-14-13-18-7-10-20(11-8-18)27-6-2/h7-12,15H,5-6,13-14H2,1-4H3,(H,24,26). The summed E-state index contributed by atoms with van der Waals surface area (Å²) in [4.78, 5) is 12.6. The van der Waals surface area contributed by atoms with Crippen LogP contribution in [-0.2, 0) is 13.0 Å². The Morgan fingerprint density at radius 3 is 2.48 bits per heavy atom. The maximum Gasteiger partial charge on any atom is 0.251 e. The lowest BCUT2D eigenvalue weighted by atomic mass is 10.1. The molecule has 1 amide bonds. The topological polar surface area (TPSA) is 43.3 Å². The summed E-state index contributed by atoms with van der Waals surface area (Å²) in [6.45, 7) is 10.6. The minimum Gasteiger partial charge on any atom is -0.494 e.